The van der Waals surface area contributed by atoms with Crippen LogP contribution in [0.1, 0.15) is 33.1 Å². The fourth-order valence-electron chi connectivity index (χ4n) is 2.05. The van der Waals surface area contributed by atoms with Crippen molar-refractivity contribution < 1.29 is 13.9 Å². The fraction of sp³-hybridized carbons (Fsp3) is 0.579. The van der Waals surface area contributed by atoms with Crippen LogP contribution in [0, 0.1) is 5.82 Å². The van der Waals surface area contributed by atoms with Gasteiger partial charge in [0.15, 0.2) is 17.5 Å². The third kappa shape index (κ3) is 8.18. The molecular formula is C19H31FN4O2. The summed E-state index contributed by atoms with van der Waals surface area (Å²) in [5, 5.41) is 6.39. The second kappa shape index (κ2) is 12.1. The molecular weight excluding hydrogens is 335 g/mol. The molecule has 26 heavy (non-hydrogen) atoms. The van der Waals surface area contributed by atoms with E-state index in [-0.39, 0.29) is 30.1 Å². The average molecular weight is 366 g/mol. The predicted molar refractivity (Wildman–Crippen MR) is 103 cm³/mol. The van der Waals surface area contributed by atoms with Gasteiger partial charge in [-0.3, -0.25) is 4.79 Å². The lowest BCUT2D eigenvalue weighted by molar-refractivity contribution is -0.127. The van der Waals surface area contributed by atoms with Crippen LogP contribution >= 0.6 is 0 Å². The second-order valence-electron chi connectivity index (χ2n) is 6.19. The van der Waals surface area contributed by atoms with E-state index < -0.39 is 0 Å². The maximum absolute atomic E-state index is 13.8. The molecule has 0 saturated heterocycles. The van der Waals surface area contributed by atoms with Crippen molar-refractivity contribution in [3.8, 4) is 5.75 Å². The highest BCUT2D eigenvalue weighted by Crippen LogP contribution is 2.17. The Morgan fingerprint density at radius 1 is 1.27 bits per heavy atom. The van der Waals surface area contributed by atoms with Crippen molar-refractivity contribution in [2.24, 2.45) is 4.99 Å². The lowest BCUT2D eigenvalue weighted by Crippen LogP contribution is -2.43. The summed E-state index contributed by atoms with van der Waals surface area (Å²) in [6, 6.07) is 6.36. The molecule has 1 rings (SSSR count). The molecule has 1 unspecified atom stereocenters. The van der Waals surface area contributed by atoms with E-state index in [0.717, 1.165) is 19.4 Å². The fourth-order valence-corrected chi connectivity index (χ4v) is 2.05. The molecule has 0 aliphatic heterocycles. The molecule has 0 aliphatic rings. The van der Waals surface area contributed by atoms with E-state index >= 15 is 0 Å². The van der Waals surface area contributed by atoms with Crippen molar-refractivity contribution in [3.05, 3.63) is 30.1 Å². The molecule has 1 aromatic rings. The predicted octanol–water partition coefficient (Wildman–Crippen LogP) is 2.41. The molecule has 0 fully saturated rings. The molecule has 0 aromatic heterocycles. The molecule has 0 saturated carbocycles. The number of ether oxygens (including phenoxy) is 1. The molecule has 146 valence electrons. The molecule has 1 aromatic carbocycles. The topological polar surface area (TPSA) is 66.0 Å². The molecule has 0 heterocycles. The van der Waals surface area contributed by atoms with E-state index in [9.17, 15) is 9.18 Å². The van der Waals surface area contributed by atoms with Gasteiger partial charge in [0.25, 0.3) is 0 Å². The van der Waals surface area contributed by atoms with Crippen molar-refractivity contribution in [2.75, 3.05) is 33.7 Å². The third-order valence-corrected chi connectivity index (χ3v) is 3.78. The number of halogens is 1. The van der Waals surface area contributed by atoms with Crippen molar-refractivity contribution in [1.29, 1.82) is 0 Å². The first-order valence-corrected chi connectivity index (χ1v) is 9.11. The molecule has 1 amide bonds. The van der Waals surface area contributed by atoms with Gasteiger partial charge in [-0.2, -0.15) is 0 Å². The largest absolute Gasteiger partial charge is 0.486 e. The Morgan fingerprint density at radius 3 is 2.62 bits per heavy atom. The number of unbranched alkanes of at least 4 members (excludes halogenated alkanes) is 1. The van der Waals surface area contributed by atoms with Crippen molar-refractivity contribution in [2.45, 2.75) is 39.2 Å². The van der Waals surface area contributed by atoms with Crippen LogP contribution in [0.25, 0.3) is 0 Å². The van der Waals surface area contributed by atoms with Crippen LogP contribution in [0.4, 0.5) is 4.39 Å². The highest BCUT2D eigenvalue weighted by molar-refractivity contribution is 5.84. The number of likely N-dealkylation sites (N-methyl/N-ethyl adjacent to an activating group) is 1. The monoisotopic (exact) mass is 366 g/mol. The minimum Gasteiger partial charge on any atom is -0.486 e. The number of hydrogen-bond acceptors (Lipinski definition) is 3. The Balaban J connectivity index is 2.64. The van der Waals surface area contributed by atoms with Gasteiger partial charge in [-0.15, -0.1) is 0 Å². The summed E-state index contributed by atoms with van der Waals surface area (Å²) in [6.07, 6.45) is 2.56. The zero-order valence-electron chi connectivity index (χ0n) is 16.2. The van der Waals surface area contributed by atoms with E-state index in [0.29, 0.717) is 18.9 Å². The van der Waals surface area contributed by atoms with Gasteiger partial charge < -0.3 is 20.3 Å². The lowest BCUT2D eigenvalue weighted by Gasteiger charge is -2.20. The molecule has 1 atom stereocenters. The quantitative estimate of drug-likeness (QED) is 0.379. The minimum absolute atomic E-state index is 0.0689. The minimum atomic E-state index is -0.377. The number of hydrogen-bond donors (Lipinski definition) is 2. The van der Waals surface area contributed by atoms with E-state index in [1.807, 2.05) is 6.92 Å². The van der Waals surface area contributed by atoms with E-state index in [1.54, 1.807) is 32.3 Å². The van der Waals surface area contributed by atoms with Crippen LogP contribution in [0.15, 0.2) is 29.3 Å². The Bertz CT molecular complexity index is 578. The van der Waals surface area contributed by atoms with Gasteiger partial charge in [0.05, 0.1) is 6.54 Å². The summed E-state index contributed by atoms with van der Waals surface area (Å²) in [5.74, 6) is 0.347. The Morgan fingerprint density at radius 2 is 2.00 bits per heavy atom. The van der Waals surface area contributed by atoms with Gasteiger partial charge in [-0.05, 0) is 25.0 Å². The second-order valence-corrected chi connectivity index (χ2v) is 6.19. The van der Waals surface area contributed by atoms with E-state index in [2.05, 4.69) is 22.5 Å². The smallest absolute Gasteiger partial charge is 0.243 e. The van der Waals surface area contributed by atoms with Crippen molar-refractivity contribution in [3.63, 3.8) is 0 Å². The highest BCUT2D eigenvalue weighted by Gasteiger charge is 2.12. The third-order valence-electron chi connectivity index (χ3n) is 3.78. The summed E-state index contributed by atoms with van der Waals surface area (Å²) in [6.45, 7) is 5.38. The number of aliphatic imine (C=N–C) groups is 1. The summed E-state index contributed by atoms with van der Waals surface area (Å²) in [7, 11) is 3.40. The number of nitrogens with zero attached hydrogens (tertiary/aromatic N) is 2. The summed E-state index contributed by atoms with van der Waals surface area (Å²) < 4.78 is 19.5. The van der Waals surface area contributed by atoms with Crippen LogP contribution in [0.5, 0.6) is 5.75 Å². The first-order valence-electron chi connectivity index (χ1n) is 9.11. The van der Waals surface area contributed by atoms with Gasteiger partial charge in [0.2, 0.25) is 5.91 Å². The Kier molecular flexibility index (Phi) is 10.1. The summed E-state index contributed by atoms with van der Waals surface area (Å²) in [4.78, 5) is 17.6. The van der Waals surface area contributed by atoms with Crippen LogP contribution < -0.4 is 15.4 Å². The maximum atomic E-state index is 13.8. The van der Waals surface area contributed by atoms with Crippen LogP contribution in [0.3, 0.4) is 0 Å². The number of carbonyl (C=O) groups excluding carboxylic acids is 1. The first kappa shape index (κ1) is 21.7. The van der Waals surface area contributed by atoms with E-state index in [1.165, 1.54) is 11.0 Å². The SMILES string of the molecule is CCCCNC(=NCC(=O)N(C)C)NCC(CC)Oc1ccccc1F. The van der Waals surface area contributed by atoms with Gasteiger partial charge in [-0.25, -0.2) is 9.38 Å². The van der Waals surface area contributed by atoms with E-state index in [4.69, 9.17) is 4.74 Å². The summed E-state index contributed by atoms with van der Waals surface area (Å²) in [5.41, 5.74) is 0. The molecule has 0 bridgehead atoms. The van der Waals surface area contributed by atoms with Gasteiger partial charge in [0.1, 0.15) is 12.6 Å². The number of para-hydroxylation sites is 1. The number of guanidine groups is 1. The van der Waals surface area contributed by atoms with Gasteiger partial charge in [0, 0.05) is 20.6 Å². The molecule has 6 nitrogen and oxygen atoms in total. The normalized spacial score (nSPS) is 12.4. The van der Waals surface area contributed by atoms with Crippen molar-refractivity contribution in [1.82, 2.24) is 15.5 Å². The zero-order valence-corrected chi connectivity index (χ0v) is 16.2. The Hall–Kier alpha value is -2.31. The zero-order chi connectivity index (χ0) is 19.4. The average Bonchev–Trinajstić information content (AvgIpc) is 2.63. The van der Waals surface area contributed by atoms with Crippen LogP contribution in [-0.4, -0.2) is 56.6 Å². The number of benzene rings is 1. The number of carbonyl (C=O) groups is 1. The first-order chi connectivity index (χ1) is 12.5. The van der Waals surface area contributed by atoms with Crippen LogP contribution in [0.2, 0.25) is 0 Å². The number of rotatable bonds is 10. The molecule has 0 aliphatic carbocycles. The molecule has 7 heteroatoms. The highest BCUT2D eigenvalue weighted by atomic mass is 19.1. The molecule has 2 N–H and O–H groups in total. The van der Waals surface area contributed by atoms with Crippen molar-refractivity contribution >= 4 is 11.9 Å². The Labute approximate surface area is 155 Å². The summed E-state index contributed by atoms with van der Waals surface area (Å²) >= 11 is 0. The maximum Gasteiger partial charge on any atom is 0.243 e. The lowest BCUT2D eigenvalue weighted by atomic mass is 10.2. The molecule has 0 radical (unpaired) electrons. The van der Waals surface area contributed by atoms with Crippen LogP contribution in [-0.2, 0) is 4.79 Å². The standard InChI is InChI=1S/C19H31FN4O2/c1-5-7-12-21-19(23-14-18(25)24(3)4)22-13-15(6-2)26-17-11-9-8-10-16(17)20/h8-11,15H,5-7,12-14H2,1-4H3,(H2,21,22,23). The van der Waals surface area contributed by atoms with Gasteiger partial charge >= 0.3 is 0 Å². The van der Waals surface area contributed by atoms with Gasteiger partial charge in [-0.1, -0.05) is 32.4 Å². The molecule has 0 spiro atoms. The number of amides is 1. The number of nitrogens with one attached hydrogen (secondary N) is 2.